The number of ether oxygens (including phenoxy) is 1. The highest BCUT2D eigenvalue weighted by molar-refractivity contribution is 7.90. The standard InChI is InChI=1S/C35H32N2O6S/c1-21-16-22(2)33(23(3)17-21)44(41,42)37-19-24(25-10-8-9-15-32(25)37)18-31(34(38)39)36-35(40)43-20-30-28-13-6-4-11-26(28)27-12-5-7-14-29(27)30/h4-17,19,30-31H,18,20H2,1-3H3,(H,36,40)(H,38,39)/t31-/m0/s1. The van der Waals surface area contributed by atoms with Crippen LogP contribution in [0.15, 0.2) is 96.0 Å². The molecule has 1 atom stereocenters. The molecule has 0 fully saturated rings. The van der Waals surface area contributed by atoms with Crippen LogP contribution in [0.5, 0.6) is 0 Å². The Kier molecular flexibility index (Phi) is 7.51. The number of para-hydroxylation sites is 1. The monoisotopic (exact) mass is 608 g/mol. The summed E-state index contributed by atoms with van der Waals surface area (Å²) in [5.41, 5.74) is 7.37. The summed E-state index contributed by atoms with van der Waals surface area (Å²) in [5.74, 6) is -1.43. The van der Waals surface area contributed by atoms with Gasteiger partial charge < -0.3 is 15.2 Å². The molecule has 0 aliphatic heterocycles. The molecule has 0 saturated heterocycles. The second-order valence-corrected chi connectivity index (χ2v) is 13.0. The molecule has 1 amide bonds. The number of amides is 1. The van der Waals surface area contributed by atoms with Gasteiger partial charge >= 0.3 is 12.1 Å². The van der Waals surface area contributed by atoms with E-state index >= 15 is 0 Å². The van der Waals surface area contributed by atoms with Crippen LogP contribution in [0.25, 0.3) is 22.0 Å². The Hall–Kier alpha value is -4.89. The molecule has 0 radical (unpaired) electrons. The Morgan fingerprint density at radius 3 is 2.07 bits per heavy atom. The molecule has 0 saturated carbocycles. The van der Waals surface area contributed by atoms with Crippen LogP contribution in [0.4, 0.5) is 4.79 Å². The number of carboxylic acid groups (broad SMARTS) is 1. The van der Waals surface area contributed by atoms with Gasteiger partial charge in [-0.15, -0.1) is 0 Å². The quantitative estimate of drug-likeness (QED) is 0.213. The summed E-state index contributed by atoms with van der Waals surface area (Å²) in [5, 5.41) is 13.1. The van der Waals surface area contributed by atoms with Crippen molar-refractivity contribution in [2.24, 2.45) is 0 Å². The topological polar surface area (TPSA) is 115 Å². The van der Waals surface area contributed by atoms with Gasteiger partial charge in [0.25, 0.3) is 10.0 Å². The maximum Gasteiger partial charge on any atom is 0.407 e. The van der Waals surface area contributed by atoms with Gasteiger partial charge in [-0.25, -0.2) is 22.0 Å². The summed E-state index contributed by atoms with van der Waals surface area (Å²) < 4.78 is 34.7. The molecule has 4 aromatic carbocycles. The van der Waals surface area contributed by atoms with Crippen molar-refractivity contribution in [2.75, 3.05) is 6.61 Å². The normalized spacial score (nSPS) is 13.3. The second kappa shape index (κ2) is 11.3. The number of hydrogen-bond donors (Lipinski definition) is 2. The second-order valence-electron chi connectivity index (χ2n) is 11.3. The Bertz CT molecular complexity index is 1980. The molecule has 1 aliphatic carbocycles. The van der Waals surface area contributed by atoms with Crippen LogP contribution >= 0.6 is 0 Å². The van der Waals surface area contributed by atoms with Gasteiger partial charge in [-0.1, -0.05) is 84.4 Å². The highest BCUT2D eigenvalue weighted by Gasteiger charge is 2.31. The summed E-state index contributed by atoms with van der Waals surface area (Å²) in [6, 6.07) is 25.1. The van der Waals surface area contributed by atoms with Crippen molar-refractivity contribution >= 4 is 33.0 Å². The average molecular weight is 609 g/mol. The van der Waals surface area contributed by atoms with Crippen molar-refractivity contribution in [1.82, 2.24) is 9.29 Å². The van der Waals surface area contributed by atoms with E-state index in [2.05, 4.69) is 5.32 Å². The Balaban J connectivity index is 1.24. The van der Waals surface area contributed by atoms with Crippen molar-refractivity contribution in [3.63, 3.8) is 0 Å². The molecule has 1 heterocycles. The van der Waals surface area contributed by atoms with Crippen LogP contribution < -0.4 is 5.32 Å². The van der Waals surface area contributed by atoms with E-state index in [4.69, 9.17) is 4.74 Å². The van der Waals surface area contributed by atoms with Crippen LogP contribution in [0.1, 0.15) is 39.3 Å². The lowest BCUT2D eigenvalue weighted by atomic mass is 9.98. The lowest BCUT2D eigenvalue weighted by Crippen LogP contribution is -2.42. The summed E-state index contributed by atoms with van der Waals surface area (Å²) in [4.78, 5) is 25.5. The van der Waals surface area contributed by atoms with Crippen LogP contribution in [-0.4, -0.2) is 42.2 Å². The Labute approximate surface area is 256 Å². The number of nitrogens with zero attached hydrogens (tertiary/aromatic N) is 1. The van der Waals surface area contributed by atoms with Gasteiger partial charge in [0.05, 0.1) is 10.4 Å². The number of carboxylic acids is 1. The smallest absolute Gasteiger partial charge is 0.407 e. The number of nitrogens with one attached hydrogen (secondary N) is 1. The molecule has 1 aromatic heterocycles. The van der Waals surface area contributed by atoms with Crippen LogP contribution in [0, 0.1) is 20.8 Å². The van der Waals surface area contributed by atoms with Gasteiger partial charge in [0.15, 0.2) is 0 Å². The minimum Gasteiger partial charge on any atom is -0.480 e. The zero-order valence-corrected chi connectivity index (χ0v) is 25.4. The summed E-state index contributed by atoms with van der Waals surface area (Å²) in [6.45, 7) is 5.48. The Morgan fingerprint density at radius 1 is 0.886 bits per heavy atom. The molecular formula is C35H32N2O6S. The predicted molar refractivity (Wildman–Crippen MR) is 169 cm³/mol. The lowest BCUT2D eigenvalue weighted by molar-refractivity contribution is -0.139. The molecule has 8 nitrogen and oxygen atoms in total. The molecule has 6 rings (SSSR count). The van der Waals surface area contributed by atoms with Crippen LogP contribution in [0.3, 0.4) is 0 Å². The van der Waals surface area contributed by atoms with Crippen LogP contribution in [0.2, 0.25) is 0 Å². The lowest BCUT2D eigenvalue weighted by Gasteiger charge is -2.17. The fraction of sp³-hybridized carbons (Fsp3) is 0.200. The van der Waals surface area contributed by atoms with E-state index in [0.717, 1.165) is 27.8 Å². The maximum atomic E-state index is 14.0. The van der Waals surface area contributed by atoms with E-state index in [-0.39, 0.29) is 23.8 Å². The largest absolute Gasteiger partial charge is 0.480 e. The van der Waals surface area contributed by atoms with Crippen molar-refractivity contribution < 1.29 is 27.9 Å². The van der Waals surface area contributed by atoms with Crippen molar-refractivity contribution in [2.45, 2.75) is 44.0 Å². The molecule has 2 N–H and O–H groups in total. The van der Waals surface area contributed by atoms with E-state index in [1.807, 2.05) is 67.6 Å². The van der Waals surface area contributed by atoms with Crippen LogP contribution in [-0.2, 0) is 26.0 Å². The number of alkyl carbamates (subject to hydrolysis) is 1. The van der Waals surface area contributed by atoms with Gasteiger partial charge in [0, 0.05) is 23.9 Å². The van der Waals surface area contributed by atoms with E-state index in [9.17, 15) is 23.1 Å². The first kappa shape index (κ1) is 29.2. The van der Waals surface area contributed by atoms with Gasteiger partial charge in [-0.3, -0.25) is 0 Å². The third kappa shape index (κ3) is 5.13. The van der Waals surface area contributed by atoms with Crippen molar-refractivity contribution in [1.29, 1.82) is 0 Å². The zero-order chi connectivity index (χ0) is 31.2. The minimum absolute atomic E-state index is 0.0407. The van der Waals surface area contributed by atoms with Gasteiger partial charge in [0.2, 0.25) is 0 Å². The molecule has 44 heavy (non-hydrogen) atoms. The molecule has 224 valence electrons. The van der Waals surface area contributed by atoms with Gasteiger partial charge in [-0.2, -0.15) is 0 Å². The van der Waals surface area contributed by atoms with E-state index in [0.29, 0.717) is 27.6 Å². The number of rotatable bonds is 8. The number of fused-ring (bicyclic) bond motifs is 4. The molecule has 9 heteroatoms. The maximum absolute atomic E-state index is 14.0. The first-order valence-corrected chi connectivity index (χ1v) is 15.8. The third-order valence-corrected chi connectivity index (χ3v) is 10.2. The Morgan fingerprint density at radius 2 is 1.45 bits per heavy atom. The number of hydrogen-bond acceptors (Lipinski definition) is 5. The number of carbonyl (C=O) groups is 2. The SMILES string of the molecule is Cc1cc(C)c(S(=O)(=O)n2cc(C[C@H](NC(=O)OCC3c4ccccc4-c4ccccc43)C(=O)O)c3ccccc32)c(C)c1. The summed E-state index contributed by atoms with van der Waals surface area (Å²) in [6.07, 6.45) is 0.448. The van der Waals surface area contributed by atoms with Gasteiger partial charge in [-0.05, 0) is 65.8 Å². The van der Waals surface area contributed by atoms with E-state index in [1.54, 1.807) is 38.1 Å². The number of carbonyl (C=O) groups excluding carboxylic acids is 1. The summed E-state index contributed by atoms with van der Waals surface area (Å²) in [7, 11) is -4.01. The van der Waals surface area contributed by atoms with E-state index < -0.39 is 28.1 Å². The fourth-order valence-electron chi connectivity index (χ4n) is 6.45. The molecular weight excluding hydrogens is 576 g/mol. The first-order valence-electron chi connectivity index (χ1n) is 14.3. The van der Waals surface area contributed by atoms with E-state index in [1.165, 1.54) is 10.2 Å². The molecule has 1 aliphatic rings. The number of aryl methyl sites for hydroxylation is 3. The predicted octanol–water partition coefficient (Wildman–Crippen LogP) is 6.34. The highest BCUT2D eigenvalue weighted by atomic mass is 32.2. The van der Waals surface area contributed by atoms with Gasteiger partial charge in [0.1, 0.15) is 12.6 Å². The highest BCUT2D eigenvalue weighted by Crippen LogP contribution is 2.44. The first-order chi connectivity index (χ1) is 21.1. The molecule has 5 aromatic rings. The fourth-order valence-corrected chi connectivity index (χ4v) is 8.27. The number of aromatic nitrogens is 1. The number of benzene rings is 4. The molecule has 0 spiro atoms. The van der Waals surface area contributed by atoms with Crippen molar-refractivity contribution in [3.8, 4) is 11.1 Å². The summed E-state index contributed by atoms with van der Waals surface area (Å²) >= 11 is 0. The third-order valence-electron chi connectivity index (χ3n) is 8.24. The van der Waals surface area contributed by atoms with Crippen molar-refractivity contribution in [3.05, 3.63) is 125 Å². The average Bonchev–Trinajstić information content (AvgIpc) is 3.51. The minimum atomic E-state index is -4.01. The molecule has 0 bridgehead atoms. The molecule has 0 unspecified atom stereocenters. The number of aliphatic carboxylic acids is 1. The zero-order valence-electron chi connectivity index (χ0n) is 24.6.